The van der Waals surface area contributed by atoms with Crippen LogP contribution in [0.3, 0.4) is 0 Å². The smallest absolute Gasteiger partial charge is 0.224 e. The first-order chi connectivity index (χ1) is 15.1. The van der Waals surface area contributed by atoms with Gasteiger partial charge in [0.15, 0.2) is 0 Å². The number of para-hydroxylation sites is 1. The van der Waals surface area contributed by atoms with Gasteiger partial charge in [0.2, 0.25) is 5.91 Å². The highest BCUT2D eigenvalue weighted by molar-refractivity contribution is 9.10. The number of ether oxygens (including phenoxy) is 1. The maximum atomic E-state index is 12.2. The summed E-state index contributed by atoms with van der Waals surface area (Å²) in [5, 5.41) is 3.03. The van der Waals surface area contributed by atoms with E-state index in [-0.39, 0.29) is 5.91 Å². The minimum absolute atomic E-state index is 0.0562. The average Bonchev–Trinajstić information content (AvgIpc) is 2.78. The van der Waals surface area contributed by atoms with Crippen LogP contribution in [-0.4, -0.2) is 30.4 Å². The number of hydrogen-bond donors (Lipinski definition) is 1. The normalized spacial score (nSPS) is 10.8. The lowest BCUT2D eigenvalue weighted by Crippen LogP contribution is -2.30. The molecule has 3 aromatic carbocycles. The molecule has 0 fully saturated rings. The lowest BCUT2D eigenvalue weighted by Gasteiger charge is -2.21. The van der Waals surface area contributed by atoms with Crippen LogP contribution in [0.4, 0.5) is 0 Å². The van der Waals surface area contributed by atoms with Crippen LogP contribution < -0.4 is 10.1 Å². The van der Waals surface area contributed by atoms with Gasteiger partial charge >= 0.3 is 0 Å². The zero-order valence-corrected chi connectivity index (χ0v) is 19.5. The summed E-state index contributed by atoms with van der Waals surface area (Å²) in [6, 6.07) is 25.9. The van der Waals surface area contributed by atoms with Gasteiger partial charge in [-0.05, 0) is 54.4 Å². The highest BCUT2D eigenvalue weighted by Gasteiger charge is 2.08. The molecule has 0 aliphatic carbocycles. The number of hydrogen-bond acceptors (Lipinski definition) is 3. The van der Waals surface area contributed by atoms with Crippen molar-refractivity contribution < 1.29 is 9.53 Å². The quantitative estimate of drug-likeness (QED) is 0.352. The zero-order valence-electron chi connectivity index (χ0n) is 17.9. The summed E-state index contributed by atoms with van der Waals surface area (Å²) in [7, 11) is 0. The van der Waals surface area contributed by atoms with Crippen LogP contribution in [0.1, 0.15) is 24.5 Å². The Morgan fingerprint density at radius 3 is 2.48 bits per heavy atom. The SMILES string of the molecule is CCN(CCCNC(=O)Cc1ccccc1Br)Cc1cccc(Oc2ccccc2)c1. The molecule has 0 aliphatic heterocycles. The summed E-state index contributed by atoms with van der Waals surface area (Å²) in [6.45, 7) is 5.57. The monoisotopic (exact) mass is 480 g/mol. The molecule has 0 unspecified atom stereocenters. The predicted molar refractivity (Wildman–Crippen MR) is 129 cm³/mol. The van der Waals surface area contributed by atoms with Crippen molar-refractivity contribution in [3.8, 4) is 11.5 Å². The van der Waals surface area contributed by atoms with Crippen molar-refractivity contribution >= 4 is 21.8 Å². The number of benzene rings is 3. The fourth-order valence-corrected chi connectivity index (χ4v) is 3.77. The molecule has 0 heterocycles. The average molecular weight is 481 g/mol. The summed E-state index contributed by atoms with van der Waals surface area (Å²) < 4.78 is 6.92. The molecule has 1 N–H and O–H groups in total. The van der Waals surface area contributed by atoms with Gasteiger partial charge in [0.25, 0.3) is 0 Å². The van der Waals surface area contributed by atoms with E-state index in [9.17, 15) is 4.79 Å². The standard InChI is InChI=1S/C26H29BrN2O2/c1-2-29(17-9-16-28-26(30)19-22-11-6-7-15-25(22)27)20-21-10-8-14-24(18-21)31-23-12-4-3-5-13-23/h3-8,10-15,18H,2,9,16-17,19-20H2,1H3,(H,28,30). The van der Waals surface area contributed by atoms with E-state index in [4.69, 9.17) is 4.74 Å². The first kappa shape index (κ1) is 23.0. The van der Waals surface area contributed by atoms with E-state index in [0.29, 0.717) is 13.0 Å². The Kier molecular flexibility index (Phi) is 9.13. The third-order valence-corrected chi connectivity index (χ3v) is 5.79. The lowest BCUT2D eigenvalue weighted by molar-refractivity contribution is -0.120. The molecule has 0 saturated carbocycles. The molecule has 0 atom stereocenters. The molecular weight excluding hydrogens is 452 g/mol. The molecule has 3 aromatic rings. The Labute approximate surface area is 193 Å². The first-order valence-corrected chi connectivity index (χ1v) is 11.5. The van der Waals surface area contributed by atoms with Gasteiger partial charge in [-0.2, -0.15) is 0 Å². The van der Waals surface area contributed by atoms with Gasteiger partial charge in [-0.25, -0.2) is 0 Å². The highest BCUT2D eigenvalue weighted by Crippen LogP contribution is 2.22. The van der Waals surface area contributed by atoms with Gasteiger partial charge in [0.05, 0.1) is 6.42 Å². The molecule has 0 spiro atoms. The Balaban J connectivity index is 1.42. The van der Waals surface area contributed by atoms with Crippen molar-refractivity contribution in [1.82, 2.24) is 10.2 Å². The molecule has 0 aromatic heterocycles. The van der Waals surface area contributed by atoms with Crippen molar-refractivity contribution in [1.29, 1.82) is 0 Å². The van der Waals surface area contributed by atoms with Crippen LogP contribution in [0.5, 0.6) is 11.5 Å². The van der Waals surface area contributed by atoms with Crippen molar-refractivity contribution in [2.75, 3.05) is 19.6 Å². The third-order valence-electron chi connectivity index (χ3n) is 5.01. The third kappa shape index (κ3) is 7.85. The maximum Gasteiger partial charge on any atom is 0.224 e. The van der Waals surface area contributed by atoms with Gasteiger partial charge in [-0.15, -0.1) is 0 Å². The van der Waals surface area contributed by atoms with E-state index in [1.54, 1.807) is 0 Å². The summed E-state index contributed by atoms with van der Waals surface area (Å²) in [5.74, 6) is 1.74. The molecule has 31 heavy (non-hydrogen) atoms. The zero-order chi connectivity index (χ0) is 21.9. The molecule has 1 amide bonds. The molecule has 162 valence electrons. The van der Waals surface area contributed by atoms with E-state index >= 15 is 0 Å². The molecular formula is C26H29BrN2O2. The predicted octanol–water partition coefficient (Wildman–Crippen LogP) is 5.81. The fraction of sp³-hybridized carbons (Fsp3) is 0.269. The van der Waals surface area contributed by atoms with Gasteiger partial charge in [0, 0.05) is 24.1 Å². The van der Waals surface area contributed by atoms with E-state index in [1.807, 2.05) is 66.7 Å². The Morgan fingerprint density at radius 1 is 0.968 bits per heavy atom. The highest BCUT2D eigenvalue weighted by atomic mass is 79.9. The van der Waals surface area contributed by atoms with Crippen molar-refractivity contribution in [2.24, 2.45) is 0 Å². The second kappa shape index (κ2) is 12.3. The van der Waals surface area contributed by atoms with Crippen LogP contribution in [0.2, 0.25) is 0 Å². The minimum atomic E-state index is 0.0562. The van der Waals surface area contributed by atoms with Gasteiger partial charge in [-0.1, -0.05) is 71.4 Å². The number of nitrogens with one attached hydrogen (secondary N) is 1. The lowest BCUT2D eigenvalue weighted by atomic mass is 10.1. The van der Waals surface area contributed by atoms with Crippen LogP contribution in [0, 0.1) is 0 Å². The maximum absolute atomic E-state index is 12.2. The Hall–Kier alpha value is -2.63. The number of amides is 1. The van der Waals surface area contributed by atoms with E-state index in [1.165, 1.54) is 5.56 Å². The molecule has 4 nitrogen and oxygen atoms in total. The summed E-state index contributed by atoms with van der Waals surface area (Å²) in [4.78, 5) is 14.6. The van der Waals surface area contributed by atoms with E-state index in [0.717, 1.165) is 47.6 Å². The van der Waals surface area contributed by atoms with E-state index in [2.05, 4.69) is 45.2 Å². The topological polar surface area (TPSA) is 41.6 Å². The second-order valence-corrected chi connectivity index (χ2v) is 8.26. The van der Waals surface area contributed by atoms with Gasteiger partial charge in [-0.3, -0.25) is 9.69 Å². The summed E-state index contributed by atoms with van der Waals surface area (Å²) in [6.07, 6.45) is 1.31. The van der Waals surface area contributed by atoms with Crippen molar-refractivity contribution in [3.63, 3.8) is 0 Å². The molecule has 0 saturated heterocycles. The van der Waals surface area contributed by atoms with Crippen molar-refractivity contribution in [2.45, 2.75) is 26.3 Å². The van der Waals surface area contributed by atoms with Gasteiger partial charge in [0.1, 0.15) is 11.5 Å². The molecule has 0 aliphatic rings. The molecule has 5 heteroatoms. The first-order valence-electron chi connectivity index (χ1n) is 10.7. The van der Waals surface area contributed by atoms with Crippen LogP contribution >= 0.6 is 15.9 Å². The van der Waals surface area contributed by atoms with Crippen molar-refractivity contribution in [3.05, 3.63) is 94.5 Å². The number of carbonyl (C=O) groups excluding carboxylic acids is 1. The van der Waals surface area contributed by atoms with E-state index < -0.39 is 0 Å². The minimum Gasteiger partial charge on any atom is -0.457 e. The largest absolute Gasteiger partial charge is 0.457 e. The number of halogens is 1. The van der Waals surface area contributed by atoms with Crippen LogP contribution in [-0.2, 0) is 17.8 Å². The fourth-order valence-electron chi connectivity index (χ4n) is 3.35. The number of nitrogens with zero attached hydrogens (tertiary/aromatic N) is 1. The summed E-state index contributed by atoms with van der Waals surface area (Å²) >= 11 is 3.49. The Morgan fingerprint density at radius 2 is 1.71 bits per heavy atom. The second-order valence-electron chi connectivity index (χ2n) is 7.40. The number of carbonyl (C=O) groups is 1. The van der Waals surface area contributed by atoms with Gasteiger partial charge < -0.3 is 10.1 Å². The molecule has 3 rings (SSSR count). The van der Waals surface area contributed by atoms with Crippen LogP contribution in [0.15, 0.2) is 83.3 Å². The van der Waals surface area contributed by atoms with Crippen LogP contribution in [0.25, 0.3) is 0 Å². The molecule has 0 radical (unpaired) electrons. The summed E-state index contributed by atoms with van der Waals surface area (Å²) in [5.41, 5.74) is 2.22. The Bertz CT molecular complexity index is 962. The number of rotatable bonds is 11. The molecule has 0 bridgehead atoms.